The second-order valence-corrected chi connectivity index (χ2v) is 4.85. The van der Waals surface area contributed by atoms with Crippen LogP contribution in [0.15, 0.2) is 53.1 Å². The second-order valence-electron chi connectivity index (χ2n) is 4.29. The van der Waals surface area contributed by atoms with Crippen molar-refractivity contribution in [2.75, 3.05) is 0 Å². The van der Waals surface area contributed by atoms with Crippen molar-refractivity contribution >= 4 is 26.9 Å². The van der Waals surface area contributed by atoms with Crippen LogP contribution in [0.2, 0.25) is 0 Å². The van der Waals surface area contributed by atoms with Gasteiger partial charge in [0.15, 0.2) is 0 Å². The van der Waals surface area contributed by atoms with Crippen LogP contribution in [0, 0.1) is 11.3 Å². The smallest absolute Gasteiger partial charge is 0.133 e. The molecule has 0 aliphatic carbocycles. The third kappa shape index (κ3) is 2.16. The first-order chi connectivity index (χ1) is 9.31. The zero-order chi connectivity index (χ0) is 13.2. The first kappa shape index (κ1) is 12.0. The first-order valence-corrected chi connectivity index (χ1v) is 7.00. The zero-order valence-electron chi connectivity index (χ0n) is 10.1. The minimum Gasteiger partial charge on any atom is -0.464 e. The van der Waals surface area contributed by atoms with E-state index in [2.05, 4.69) is 28.1 Å². The van der Waals surface area contributed by atoms with E-state index in [9.17, 15) is 0 Å². The number of alkyl halides is 1. The predicted octanol–water partition coefficient (Wildman–Crippen LogP) is 4.87. The van der Waals surface area contributed by atoms with Crippen LogP contribution in [-0.2, 0) is 5.33 Å². The van der Waals surface area contributed by atoms with Crippen LogP contribution in [0.25, 0.3) is 22.1 Å². The third-order valence-electron chi connectivity index (χ3n) is 3.15. The van der Waals surface area contributed by atoms with Gasteiger partial charge < -0.3 is 4.42 Å². The molecule has 0 bridgehead atoms. The Morgan fingerprint density at radius 1 is 1.11 bits per heavy atom. The van der Waals surface area contributed by atoms with Crippen molar-refractivity contribution in [2.24, 2.45) is 0 Å². The molecule has 3 heteroatoms. The molecule has 2 nitrogen and oxygen atoms in total. The van der Waals surface area contributed by atoms with Crippen LogP contribution in [0.5, 0.6) is 0 Å². The average molecular weight is 312 g/mol. The molecule has 19 heavy (non-hydrogen) atoms. The molecule has 2 aromatic carbocycles. The Labute approximate surface area is 119 Å². The van der Waals surface area contributed by atoms with Gasteiger partial charge in [0.25, 0.3) is 0 Å². The summed E-state index contributed by atoms with van der Waals surface area (Å²) in [5.74, 6) is 0. The summed E-state index contributed by atoms with van der Waals surface area (Å²) >= 11 is 3.49. The number of benzene rings is 2. The maximum Gasteiger partial charge on any atom is 0.133 e. The first-order valence-electron chi connectivity index (χ1n) is 5.88. The van der Waals surface area contributed by atoms with E-state index in [1.54, 1.807) is 6.26 Å². The number of hydrogen-bond acceptors (Lipinski definition) is 2. The summed E-state index contributed by atoms with van der Waals surface area (Å²) in [6, 6.07) is 16.0. The van der Waals surface area contributed by atoms with E-state index in [1.807, 2.05) is 36.4 Å². The van der Waals surface area contributed by atoms with Gasteiger partial charge in [-0.2, -0.15) is 5.26 Å². The molecule has 3 aromatic rings. The Bertz CT molecular complexity index is 783. The summed E-state index contributed by atoms with van der Waals surface area (Å²) in [6.45, 7) is 0. The minimum absolute atomic E-state index is 0.673. The van der Waals surface area contributed by atoms with E-state index in [1.165, 1.54) is 5.56 Å². The molecule has 0 aliphatic heterocycles. The molecule has 92 valence electrons. The van der Waals surface area contributed by atoms with Crippen molar-refractivity contribution < 1.29 is 4.42 Å². The van der Waals surface area contributed by atoms with Crippen molar-refractivity contribution in [3.05, 3.63) is 59.9 Å². The number of furan rings is 1. The molecular weight excluding hydrogens is 302 g/mol. The molecule has 3 rings (SSSR count). The van der Waals surface area contributed by atoms with E-state index >= 15 is 0 Å². The van der Waals surface area contributed by atoms with Gasteiger partial charge >= 0.3 is 0 Å². The Morgan fingerprint density at radius 3 is 2.79 bits per heavy atom. The molecule has 0 saturated carbocycles. The highest BCUT2D eigenvalue weighted by Crippen LogP contribution is 2.29. The van der Waals surface area contributed by atoms with Crippen LogP contribution in [-0.4, -0.2) is 0 Å². The van der Waals surface area contributed by atoms with Gasteiger partial charge in [0, 0.05) is 10.7 Å². The molecule has 0 spiro atoms. The SMILES string of the molecule is N#Cc1ccc(CBr)c(-c2ccc3occc3c2)c1. The van der Waals surface area contributed by atoms with E-state index in [-0.39, 0.29) is 0 Å². The van der Waals surface area contributed by atoms with Crippen LogP contribution in [0.3, 0.4) is 0 Å². The minimum atomic E-state index is 0.673. The van der Waals surface area contributed by atoms with Gasteiger partial charge in [0.1, 0.15) is 5.58 Å². The molecule has 0 atom stereocenters. The number of nitrogens with zero attached hydrogens (tertiary/aromatic N) is 1. The number of hydrogen-bond donors (Lipinski definition) is 0. The fraction of sp³-hybridized carbons (Fsp3) is 0.0625. The topological polar surface area (TPSA) is 36.9 Å². The zero-order valence-corrected chi connectivity index (χ0v) is 11.6. The fourth-order valence-electron chi connectivity index (χ4n) is 2.17. The van der Waals surface area contributed by atoms with Gasteiger partial charge in [-0.25, -0.2) is 0 Å². The van der Waals surface area contributed by atoms with Crippen LogP contribution in [0.4, 0.5) is 0 Å². The van der Waals surface area contributed by atoms with Gasteiger partial charge in [-0.05, 0) is 47.0 Å². The van der Waals surface area contributed by atoms with E-state index in [4.69, 9.17) is 9.68 Å². The molecule has 0 unspecified atom stereocenters. The Morgan fingerprint density at radius 2 is 2.00 bits per heavy atom. The third-order valence-corrected chi connectivity index (χ3v) is 3.75. The maximum absolute atomic E-state index is 9.03. The molecule has 0 radical (unpaired) electrons. The Balaban J connectivity index is 2.21. The van der Waals surface area contributed by atoms with Crippen LogP contribution < -0.4 is 0 Å². The maximum atomic E-state index is 9.03. The normalized spacial score (nSPS) is 10.5. The largest absolute Gasteiger partial charge is 0.464 e. The Hall–Kier alpha value is -2.05. The summed E-state index contributed by atoms with van der Waals surface area (Å²) < 4.78 is 5.35. The van der Waals surface area contributed by atoms with Crippen molar-refractivity contribution in [1.82, 2.24) is 0 Å². The molecule has 0 fully saturated rings. The lowest BCUT2D eigenvalue weighted by Gasteiger charge is -2.08. The summed E-state index contributed by atoms with van der Waals surface area (Å²) in [6.07, 6.45) is 1.69. The average Bonchev–Trinajstić information content (AvgIpc) is 2.93. The van der Waals surface area contributed by atoms with E-state index in [0.29, 0.717) is 5.56 Å². The summed E-state index contributed by atoms with van der Waals surface area (Å²) in [7, 11) is 0. The molecule has 0 N–H and O–H groups in total. The van der Waals surface area contributed by atoms with E-state index in [0.717, 1.165) is 27.4 Å². The highest BCUT2D eigenvalue weighted by molar-refractivity contribution is 9.08. The van der Waals surface area contributed by atoms with Gasteiger partial charge in [-0.3, -0.25) is 0 Å². The lowest BCUT2D eigenvalue weighted by atomic mass is 9.97. The van der Waals surface area contributed by atoms with Gasteiger partial charge in [0.05, 0.1) is 17.9 Å². The molecule has 0 aliphatic rings. The number of fused-ring (bicyclic) bond motifs is 1. The van der Waals surface area contributed by atoms with Crippen LogP contribution >= 0.6 is 15.9 Å². The lowest BCUT2D eigenvalue weighted by Crippen LogP contribution is -1.88. The second kappa shape index (κ2) is 4.91. The highest BCUT2D eigenvalue weighted by Gasteiger charge is 2.07. The van der Waals surface area contributed by atoms with Crippen LogP contribution in [0.1, 0.15) is 11.1 Å². The van der Waals surface area contributed by atoms with Crippen molar-refractivity contribution in [3.8, 4) is 17.2 Å². The monoisotopic (exact) mass is 311 g/mol. The Kier molecular flexibility index (Phi) is 3.10. The highest BCUT2D eigenvalue weighted by atomic mass is 79.9. The molecular formula is C16H10BrNO. The quantitative estimate of drug-likeness (QED) is 0.633. The number of halogens is 1. The fourth-order valence-corrected chi connectivity index (χ4v) is 2.65. The number of nitriles is 1. The van der Waals surface area contributed by atoms with Gasteiger partial charge in [-0.15, -0.1) is 0 Å². The van der Waals surface area contributed by atoms with Gasteiger partial charge in [-0.1, -0.05) is 28.1 Å². The molecule has 1 aromatic heterocycles. The molecule has 1 heterocycles. The van der Waals surface area contributed by atoms with Crippen molar-refractivity contribution in [1.29, 1.82) is 5.26 Å². The van der Waals surface area contributed by atoms with E-state index < -0.39 is 0 Å². The number of rotatable bonds is 2. The standard InChI is InChI=1S/C16H10BrNO/c17-9-14-2-1-11(10-18)7-15(14)12-3-4-16-13(8-12)5-6-19-16/h1-8H,9H2. The summed E-state index contributed by atoms with van der Waals surface area (Å²) in [4.78, 5) is 0. The molecule has 0 amide bonds. The summed E-state index contributed by atoms with van der Waals surface area (Å²) in [5.41, 5.74) is 4.90. The molecule has 0 saturated heterocycles. The summed E-state index contributed by atoms with van der Waals surface area (Å²) in [5, 5.41) is 10.9. The van der Waals surface area contributed by atoms with Crippen molar-refractivity contribution in [3.63, 3.8) is 0 Å². The van der Waals surface area contributed by atoms with Gasteiger partial charge in [0.2, 0.25) is 0 Å². The lowest BCUT2D eigenvalue weighted by molar-refractivity contribution is 0.616. The predicted molar refractivity (Wildman–Crippen MR) is 79.0 cm³/mol. The van der Waals surface area contributed by atoms with Crippen molar-refractivity contribution in [2.45, 2.75) is 5.33 Å².